The molecule has 1 heterocycles. The number of amides is 2. The van der Waals surface area contributed by atoms with Crippen molar-refractivity contribution in [1.82, 2.24) is 15.2 Å². The molecule has 0 bridgehead atoms. The number of rotatable bonds is 5. The van der Waals surface area contributed by atoms with Crippen molar-refractivity contribution >= 4 is 17.4 Å². The predicted molar refractivity (Wildman–Crippen MR) is 89.0 cm³/mol. The van der Waals surface area contributed by atoms with E-state index in [4.69, 9.17) is 0 Å². The molecule has 0 aliphatic heterocycles. The number of hydrogen-bond donors (Lipinski definition) is 1. The Morgan fingerprint density at radius 1 is 1.52 bits per heavy atom. The van der Waals surface area contributed by atoms with Gasteiger partial charge in [0, 0.05) is 30.1 Å². The van der Waals surface area contributed by atoms with E-state index in [-0.39, 0.29) is 23.8 Å². The number of carbonyl (C=O) groups excluding carboxylic acids is 1. The number of hydrogen-bond acceptors (Lipinski definition) is 3. The number of urea groups is 1. The van der Waals surface area contributed by atoms with Gasteiger partial charge in [-0.15, -0.1) is 11.3 Å². The fraction of sp³-hybridized carbons (Fsp3) is 0.412. The minimum Gasteiger partial charge on any atom is -0.335 e. The first-order valence-corrected chi connectivity index (χ1v) is 8.59. The van der Waals surface area contributed by atoms with E-state index in [1.54, 1.807) is 35.4 Å². The lowest BCUT2D eigenvalue weighted by atomic mass is 10.1. The van der Waals surface area contributed by atoms with E-state index >= 15 is 0 Å². The summed E-state index contributed by atoms with van der Waals surface area (Å²) in [5, 5.41) is 3.95. The van der Waals surface area contributed by atoms with Gasteiger partial charge in [-0.25, -0.2) is 14.2 Å². The third-order valence-corrected chi connectivity index (χ3v) is 5.17. The highest BCUT2D eigenvalue weighted by Crippen LogP contribution is 2.40. The van der Waals surface area contributed by atoms with Crippen molar-refractivity contribution in [3.05, 3.63) is 51.7 Å². The highest BCUT2D eigenvalue weighted by Gasteiger charge is 2.40. The van der Waals surface area contributed by atoms with Gasteiger partial charge < -0.3 is 10.2 Å². The molecule has 1 aromatic carbocycles. The molecule has 1 aliphatic rings. The van der Waals surface area contributed by atoms with Crippen molar-refractivity contribution in [2.75, 3.05) is 7.05 Å². The molecule has 1 fully saturated rings. The Morgan fingerprint density at radius 2 is 2.35 bits per heavy atom. The fourth-order valence-electron chi connectivity index (χ4n) is 2.59. The molecular formula is C17H20FN3OS. The Morgan fingerprint density at radius 3 is 3.04 bits per heavy atom. The van der Waals surface area contributed by atoms with E-state index in [1.165, 1.54) is 10.9 Å². The summed E-state index contributed by atoms with van der Waals surface area (Å²) in [7, 11) is 1.77. The van der Waals surface area contributed by atoms with Crippen molar-refractivity contribution in [3.8, 4) is 0 Å². The first kappa shape index (κ1) is 15.9. The van der Waals surface area contributed by atoms with Gasteiger partial charge in [-0.05, 0) is 30.5 Å². The third kappa shape index (κ3) is 3.88. The molecule has 2 atom stereocenters. The average molecular weight is 333 g/mol. The number of halogens is 1. The Balaban J connectivity index is 1.51. The summed E-state index contributed by atoms with van der Waals surface area (Å²) < 4.78 is 13.2. The molecule has 0 saturated heterocycles. The molecule has 1 N–H and O–H groups in total. The average Bonchev–Trinajstić information content (AvgIpc) is 3.15. The maximum absolute atomic E-state index is 13.2. The predicted octanol–water partition coefficient (Wildman–Crippen LogP) is 3.54. The zero-order chi connectivity index (χ0) is 16.4. The van der Waals surface area contributed by atoms with Crippen LogP contribution in [0.4, 0.5) is 9.18 Å². The maximum Gasteiger partial charge on any atom is 0.317 e. The van der Waals surface area contributed by atoms with Crippen molar-refractivity contribution in [1.29, 1.82) is 0 Å². The van der Waals surface area contributed by atoms with E-state index in [0.29, 0.717) is 6.54 Å². The normalized spacial score (nSPS) is 19.4. The molecule has 2 amide bonds. The van der Waals surface area contributed by atoms with Gasteiger partial charge >= 0.3 is 6.03 Å². The molecule has 1 aliphatic carbocycles. The van der Waals surface area contributed by atoms with Crippen LogP contribution in [-0.4, -0.2) is 29.0 Å². The number of nitrogens with one attached hydrogen (secondary N) is 1. The lowest BCUT2D eigenvalue weighted by Crippen LogP contribution is -2.38. The smallest absolute Gasteiger partial charge is 0.317 e. The van der Waals surface area contributed by atoms with Crippen LogP contribution >= 0.6 is 11.3 Å². The van der Waals surface area contributed by atoms with E-state index in [2.05, 4.69) is 17.2 Å². The van der Waals surface area contributed by atoms with Gasteiger partial charge in [-0.2, -0.15) is 0 Å². The first-order chi connectivity index (χ1) is 11.1. The minimum absolute atomic E-state index is 0.0919. The van der Waals surface area contributed by atoms with Crippen LogP contribution in [0.5, 0.6) is 0 Å². The summed E-state index contributed by atoms with van der Waals surface area (Å²) in [6, 6.07) is 6.58. The van der Waals surface area contributed by atoms with Crippen LogP contribution in [0.3, 0.4) is 0 Å². The molecule has 2 aromatic rings. The van der Waals surface area contributed by atoms with E-state index in [1.807, 2.05) is 12.3 Å². The summed E-state index contributed by atoms with van der Waals surface area (Å²) in [5.41, 5.74) is 0.950. The second-order valence-corrected chi connectivity index (χ2v) is 7.08. The Kier molecular flexibility index (Phi) is 4.61. The molecular weight excluding hydrogens is 313 g/mol. The molecule has 1 saturated carbocycles. The SMILES string of the molecule is CCc1cnc(CN(C)C(=O)N[C@H]2C[C@@H]2c2cccc(F)c2)s1. The molecule has 122 valence electrons. The van der Waals surface area contributed by atoms with Crippen LogP contribution in [0.15, 0.2) is 30.5 Å². The molecule has 0 spiro atoms. The highest BCUT2D eigenvalue weighted by atomic mass is 32.1. The maximum atomic E-state index is 13.2. The highest BCUT2D eigenvalue weighted by molar-refractivity contribution is 7.11. The van der Waals surface area contributed by atoms with E-state index in [0.717, 1.165) is 23.4 Å². The standard InChI is InChI=1S/C17H20FN3OS/c1-3-13-9-19-16(23-13)10-21(2)17(22)20-15-8-14(15)11-5-4-6-12(18)7-11/h4-7,9,14-15H,3,8,10H2,1-2H3,(H,20,22)/t14-,15+/m1/s1. The van der Waals surface area contributed by atoms with Gasteiger partial charge in [0.25, 0.3) is 0 Å². The van der Waals surface area contributed by atoms with Crippen LogP contribution in [0, 0.1) is 5.82 Å². The van der Waals surface area contributed by atoms with Crippen LogP contribution in [0.25, 0.3) is 0 Å². The number of benzene rings is 1. The van der Waals surface area contributed by atoms with Crippen LogP contribution in [0.1, 0.15) is 34.7 Å². The Bertz CT molecular complexity index is 703. The lowest BCUT2D eigenvalue weighted by molar-refractivity contribution is 0.206. The van der Waals surface area contributed by atoms with Gasteiger partial charge in [-0.3, -0.25) is 0 Å². The summed E-state index contributed by atoms with van der Waals surface area (Å²) in [6.45, 7) is 2.60. The van der Waals surface area contributed by atoms with E-state index in [9.17, 15) is 9.18 Å². The summed E-state index contributed by atoms with van der Waals surface area (Å²) in [6.07, 6.45) is 3.69. The van der Waals surface area contributed by atoms with Crippen LogP contribution < -0.4 is 5.32 Å². The molecule has 0 radical (unpaired) electrons. The van der Waals surface area contributed by atoms with Crippen molar-refractivity contribution in [2.45, 2.75) is 38.3 Å². The van der Waals surface area contributed by atoms with Crippen LogP contribution in [0.2, 0.25) is 0 Å². The molecule has 4 nitrogen and oxygen atoms in total. The second-order valence-electron chi connectivity index (χ2n) is 5.88. The first-order valence-electron chi connectivity index (χ1n) is 7.77. The van der Waals surface area contributed by atoms with Gasteiger partial charge in [0.1, 0.15) is 10.8 Å². The van der Waals surface area contributed by atoms with Crippen LogP contribution in [-0.2, 0) is 13.0 Å². The molecule has 0 unspecified atom stereocenters. The van der Waals surface area contributed by atoms with Crippen molar-refractivity contribution in [3.63, 3.8) is 0 Å². The number of carbonyl (C=O) groups is 1. The lowest BCUT2D eigenvalue weighted by Gasteiger charge is -2.16. The zero-order valence-electron chi connectivity index (χ0n) is 13.3. The number of thiazole rings is 1. The fourth-order valence-corrected chi connectivity index (χ4v) is 3.50. The largest absolute Gasteiger partial charge is 0.335 e. The summed E-state index contributed by atoms with van der Waals surface area (Å²) >= 11 is 1.64. The monoisotopic (exact) mass is 333 g/mol. The Labute approximate surface area is 139 Å². The number of aromatic nitrogens is 1. The van der Waals surface area contributed by atoms with Gasteiger partial charge in [0.05, 0.1) is 6.54 Å². The number of aryl methyl sites for hydroxylation is 1. The zero-order valence-corrected chi connectivity index (χ0v) is 14.1. The van der Waals surface area contributed by atoms with Crippen molar-refractivity contribution < 1.29 is 9.18 Å². The topological polar surface area (TPSA) is 45.2 Å². The van der Waals surface area contributed by atoms with Gasteiger partial charge in [0.15, 0.2) is 0 Å². The van der Waals surface area contributed by atoms with Gasteiger partial charge in [0.2, 0.25) is 0 Å². The Hall–Kier alpha value is -1.95. The summed E-state index contributed by atoms with van der Waals surface area (Å²) in [4.78, 5) is 19.4. The van der Waals surface area contributed by atoms with E-state index < -0.39 is 0 Å². The van der Waals surface area contributed by atoms with Gasteiger partial charge in [-0.1, -0.05) is 19.1 Å². The van der Waals surface area contributed by atoms with Crippen molar-refractivity contribution in [2.24, 2.45) is 0 Å². The summed E-state index contributed by atoms with van der Waals surface area (Å²) in [5.74, 6) is -0.0123. The molecule has 23 heavy (non-hydrogen) atoms. The second kappa shape index (κ2) is 6.66. The quantitative estimate of drug-likeness (QED) is 0.909. The molecule has 3 rings (SSSR count). The number of nitrogens with zero attached hydrogens (tertiary/aromatic N) is 2. The minimum atomic E-state index is -0.230. The molecule has 6 heteroatoms. The molecule has 1 aromatic heterocycles. The third-order valence-electron chi connectivity index (χ3n) is 4.05.